The van der Waals surface area contributed by atoms with Crippen molar-refractivity contribution in [3.63, 3.8) is 0 Å². The molecule has 0 fully saturated rings. The molecule has 0 saturated carbocycles. The van der Waals surface area contributed by atoms with Crippen LogP contribution in [0.25, 0.3) is 0 Å². The second-order valence-electron chi connectivity index (χ2n) is 5.51. The Labute approximate surface area is 123 Å². The molecule has 1 aromatic rings. The van der Waals surface area contributed by atoms with Gasteiger partial charge in [0.15, 0.2) is 0 Å². The Kier molecular flexibility index (Phi) is 9.19. The summed E-state index contributed by atoms with van der Waals surface area (Å²) in [5.41, 5.74) is 0. The molecule has 19 heavy (non-hydrogen) atoms. The van der Waals surface area contributed by atoms with Crippen molar-refractivity contribution >= 4 is 11.3 Å². The van der Waals surface area contributed by atoms with Crippen molar-refractivity contribution < 1.29 is 0 Å². The fraction of sp³-hybridized carbons (Fsp3) is 0.765. The molecule has 110 valence electrons. The van der Waals surface area contributed by atoms with Gasteiger partial charge in [-0.1, -0.05) is 52.4 Å². The molecule has 0 aliphatic carbocycles. The Morgan fingerprint density at radius 3 is 2.37 bits per heavy atom. The number of thiophene rings is 1. The monoisotopic (exact) mass is 281 g/mol. The largest absolute Gasteiger partial charge is 0.309 e. The fourth-order valence-corrected chi connectivity index (χ4v) is 3.42. The van der Waals surface area contributed by atoms with Crippen molar-refractivity contribution in [2.24, 2.45) is 0 Å². The van der Waals surface area contributed by atoms with Crippen molar-refractivity contribution in [1.82, 2.24) is 5.32 Å². The molecule has 0 spiro atoms. The van der Waals surface area contributed by atoms with Crippen LogP contribution in [0.2, 0.25) is 0 Å². The number of aryl methyl sites for hydroxylation is 1. The molecule has 0 radical (unpaired) electrons. The quantitative estimate of drug-likeness (QED) is 0.502. The minimum absolute atomic E-state index is 0.588. The summed E-state index contributed by atoms with van der Waals surface area (Å²) in [6, 6.07) is 5.15. The van der Waals surface area contributed by atoms with Gasteiger partial charge in [0, 0.05) is 15.8 Å². The molecule has 1 atom stereocenters. The number of hydrogen-bond acceptors (Lipinski definition) is 2. The summed E-state index contributed by atoms with van der Waals surface area (Å²) in [4.78, 5) is 2.96. The summed E-state index contributed by atoms with van der Waals surface area (Å²) in [6.45, 7) is 7.87. The second-order valence-corrected chi connectivity index (χ2v) is 6.83. The molecule has 1 rings (SSSR count). The molecule has 0 saturated heterocycles. The maximum atomic E-state index is 3.71. The third-order valence-corrected chi connectivity index (χ3v) is 4.71. The summed E-state index contributed by atoms with van der Waals surface area (Å²) in [5.74, 6) is 0. The smallest absolute Gasteiger partial charge is 0.0414 e. The lowest BCUT2D eigenvalue weighted by atomic mass is 10.0. The van der Waals surface area contributed by atoms with Crippen molar-refractivity contribution in [2.45, 2.75) is 78.2 Å². The van der Waals surface area contributed by atoms with Gasteiger partial charge < -0.3 is 5.32 Å². The Hall–Kier alpha value is -0.340. The molecule has 1 nitrogen and oxygen atoms in total. The highest BCUT2D eigenvalue weighted by atomic mass is 32.1. The average Bonchev–Trinajstić information content (AvgIpc) is 2.83. The van der Waals surface area contributed by atoms with Crippen LogP contribution in [0, 0.1) is 6.92 Å². The number of hydrogen-bond donors (Lipinski definition) is 1. The average molecular weight is 282 g/mol. The van der Waals surface area contributed by atoms with E-state index in [2.05, 4.69) is 38.2 Å². The first-order valence-corrected chi connectivity index (χ1v) is 8.89. The second kappa shape index (κ2) is 10.4. The first-order valence-electron chi connectivity index (χ1n) is 8.07. The highest BCUT2D eigenvalue weighted by Gasteiger charge is 2.11. The van der Waals surface area contributed by atoms with E-state index in [4.69, 9.17) is 0 Å². The lowest BCUT2D eigenvalue weighted by molar-refractivity contribution is 0.472. The maximum absolute atomic E-state index is 3.71. The van der Waals surface area contributed by atoms with Gasteiger partial charge >= 0.3 is 0 Å². The van der Waals surface area contributed by atoms with E-state index in [0.29, 0.717) is 6.04 Å². The molecule has 1 aromatic heterocycles. The molecule has 0 aliphatic heterocycles. The van der Waals surface area contributed by atoms with E-state index in [1.807, 2.05) is 11.3 Å². The van der Waals surface area contributed by atoms with E-state index in [1.165, 1.54) is 61.1 Å². The maximum Gasteiger partial charge on any atom is 0.0414 e. The molecular weight excluding hydrogens is 250 g/mol. The lowest BCUT2D eigenvalue weighted by Crippen LogP contribution is -2.21. The third kappa shape index (κ3) is 7.12. The van der Waals surface area contributed by atoms with Gasteiger partial charge in [0.2, 0.25) is 0 Å². The van der Waals surface area contributed by atoms with Crippen LogP contribution < -0.4 is 5.32 Å². The van der Waals surface area contributed by atoms with Crippen LogP contribution in [0.5, 0.6) is 0 Å². The molecule has 0 aromatic carbocycles. The highest BCUT2D eigenvalue weighted by molar-refractivity contribution is 7.12. The van der Waals surface area contributed by atoms with Gasteiger partial charge in [-0.3, -0.25) is 0 Å². The molecule has 0 bridgehead atoms. The van der Waals surface area contributed by atoms with Crippen LogP contribution in [0.3, 0.4) is 0 Å². The summed E-state index contributed by atoms with van der Waals surface area (Å²) >= 11 is 1.96. The van der Waals surface area contributed by atoms with Crippen LogP contribution >= 0.6 is 11.3 Å². The summed E-state index contributed by atoms with van der Waals surface area (Å²) in [5, 5.41) is 3.71. The van der Waals surface area contributed by atoms with Gasteiger partial charge in [0.1, 0.15) is 0 Å². The van der Waals surface area contributed by atoms with Crippen molar-refractivity contribution in [1.29, 1.82) is 0 Å². The first kappa shape index (κ1) is 16.7. The van der Waals surface area contributed by atoms with Crippen LogP contribution in [0.1, 0.15) is 81.0 Å². The third-order valence-electron chi connectivity index (χ3n) is 3.59. The normalized spacial score (nSPS) is 12.8. The van der Waals surface area contributed by atoms with E-state index < -0.39 is 0 Å². The molecule has 1 unspecified atom stereocenters. The van der Waals surface area contributed by atoms with Crippen LogP contribution in [0.15, 0.2) is 12.1 Å². The highest BCUT2D eigenvalue weighted by Crippen LogP contribution is 2.27. The lowest BCUT2D eigenvalue weighted by Gasteiger charge is -2.17. The zero-order valence-corrected chi connectivity index (χ0v) is 13.8. The Morgan fingerprint density at radius 1 is 1.00 bits per heavy atom. The SMILES string of the molecule is CCCCCCCCC(NCCC)c1ccc(C)s1. The number of nitrogens with one attached hydrogen (secondary N) is 1. The van der Waals surface area contributed by atoms with E-state index >= 15 is 0 Å². The molecule has 2 heteroatoms. The Bertz CT molecular complexity index is 319. The first-order chi connectivity index (χ1) is 9.27. The number of rotatable bonds is 11. The predicted molar refractivity (Wildman–Crippen MR) is 88.1 cm³/mol. The molecular formula is C17H31NS. The fourth-order valence-electron chi connectivity index (χ4n) is 2.43. The van der Waals surface area contributed by atoms with E-state index in [-0.39, 0.29) is 0 Å². The van der Waals surface area contributed by atoms with Gasteiger partial charge in [0.05, 0.1) is 0 Å². The van der Waals surface area contributed by atoms with E-state index in [0.717, 1.165) is 6.54 Å². The summed E-state index contributed by atoms with van der Waals surface area (Å²) < 4.78 is 0. The van der Waals surface area contributed by atoms with E-state index in [1.54, 1.807) is 0 Å². The molecule has 0 amide bonds. The van der Waals surface area contributed by atoms with Crippen LogP contribution in [-0.4, -0.2) is 6.54 Å². The van der Waals surface area contributed by atoms with E-state index in [9.17, 15) is 0 Å². The van der Waals surface area contributed by atoms with Gasteiger partial charge in [-0.2, -0.15) is 0 Å². The topological polar surface area (TPSA) is 12.0 Å². The summed E-state index contributed by atoms with van der Waals surface area (Å²) in [6.07, 6.45) is 10.9. The van der Waals surface area contributed by atoms with Crippen LogP contribution in [0.4, 0.5) is 0 Å². The minimum atomic E-state index is 0.588. The number of unbranched alkanes of at least 4 members (excludes halogenated alkanes) is 5. The standard InChI is InChI=1S/C17H31NS/c1-4-6-7-8-9-10-11-16(18-14-5-2)17-13-12-15(3)19-17/h12-13,16,18H,4-11,14H2,1-3H3. The van der Waals surface area contributed by atoms with Crippen molar-refractivity contribution in [3.8, 4) is 0 Å². The van der Waals surface area contributed by atoms with Gasteiger partial charge in [-0.05, 0) is 38.4 Å². The molecule has 1 heterocycles. The summed E-state index contributed by atoms with van der Waals surface area (Å²) in [7, 11) is 0. The zero-order valence-electron chi connectivity index (χ0n) is 13.0. The van der Waals surface area contributed by atoms with Gasteiger partial charge in [0.25, 0.3) is 0 Å². The van der Waals surface area contributed by atoms with Gasteiger partial charge in [-0.15, -0.1) is 11.3 Å². The van der Waals surface area contributed by atoms with Crippen molar-refractivity contribution in [2.75, 3.05) is 6.54 Å². The predicted octanol–water partition coefficient (Wildman–Crippen LogP) is 5.85. The van der Waals surface area contributed by atoms with Crippen molar-refractivity contribution in [3.05, 3.63) is 21.9 Å². The molecule has 0 aliphatic rings. The van der Waals surface area contributed by atoms with Gasteiger partial charge in [-0.25, -0.2) is 0 Å². The Morgan fingerprint density at radius 2 is 1.74 bits per heavy atom. The van der Waals surface area contributed by atoms with Crippen LogP contribution in [-0.2, 0) is 0 Å². The zero-order chi connectivity index (χ0) is 13.9. The minimum Gasteiger partial charge on any atom is -0.309 e. The Balaban J connectivity index is 2.29. The molecule has 1 N–H and O–H groups in total.